The Morgan fingerprint density at radius 3 is 2.90 bits per heavy atom. The molecule has 3 rings (SSSR count). The van der Waals surface area contributed by atoms with Gasteiger partial charge in [0.25, 0.3) is 0 Å². The second kappa shape index (κ2) is 5.88. The molecule has 0 spiro atoms. The Hall–Kier alpha value is -1.84. The van der Waals surface area contributed by atoms with Crippen LogP contribution in [0.5, 0.6) is 5.75 Å². The number of para-hydroxylation sites is 1. The number of ketones is 1. The average molecular weight is 287 g/mol. The van der Waals surface area contributed by atoms with Gasteiger partial charge in [-0.1, -0.05) is 18.2 Å². The molecule has 0 radical (unpaired) electrons. The third kappa shape index (κ3) is 2.80. The average Bonchev–Trinajstić information content (AvgIpc) is 2.90. The first kappa shape index (κ1) is 14.1. The van der Waals surface area contributed by atoms with Gasteiger partial charge in [-0.15, -0.1) is 0 Å². The quantitative estimate of drug-likeness (QED) is 0.858. The third-order valence-electron chi connectivity index (χ3n) is 4.43. The van der Waals surface area contributed by atoms with Gasteiger partial charge >= 0.3 is 0 Å². The molecule has 21 heavy (non-hydrogen) atoms. The lowest BCUT2D eigenvalue weighted by atomic mass is 9.93. The first-order valence-electron chi connectivity index (χ1n) is 7.68. The second-order valence-corrected chi connectivity index (χ2v) is 5.99. The van der Waals surface area contributed by atoms with Crippen LogP contribution in [-0.4, -0.2) is 35.8 Å². The maximum Gasteiger partial charge on any atom is 0.233 e. The summed E-state index contributed by atoms with van der Waals surface area (Å²) in [6, 6.07) is 7.81. The van der Waals surface area contributed by atoms with Gasteiger partial charge in [-0.3, -0.25) is 9.59 Å². The van der Waals surface area contributed by atoms with Gasteiger partial charge in [0.1, 0.15) is 24.1 Å². The molecule has 112 valence electrons. The zero-order chi connectivity index (χ0) is 14.8. The maximum atomic E-state index is 12.9. The molecule has 1 aromatic carbocycles. The summed E-state index contributed by atoms with van der Waals surface area (Å²) in [6.07, 6.45) is 3.52. The Bertz CT molecular complexity index is 555. The van der Waals surface area contributed by atoms with Crippen LogP contribution in [0.3, 0.4) is 0 Å². The molecule has 2 aliphatic rings. The van der Waals surface area contributed by atoms with Crippen molar-refractivity contribution in [1.29, 1.82) is 0 Å². The van der Waals surface area contributed by atoms with E-state index in [1.54, 1.807) is 6.92 Å². The summed E-state index contributed by atoms with van der Waals surface area (Å²) in [7, 11) is 0. The van der Waals surface area contributed by atoms with Gasteiger partial charge in [0.05, 0.1) is 0 Å². The topological polar surface area (TPSA) is 46.6 Å². The van der Waals surface area contributed by atoms with E-state index in [0.717, 1.165) is 37.1 Å². The summed E-state index contributed by atoms with van der Waals surface area (Å²) in [5.74, 6) is 0.874. The van der Waals surface area contributed by atoms with Gasteiger partial charge in [-0.25, -0.2) is 0 Å². The van der Waals surface area contributed by atoms with Gasteiger partial charge in [-0.05, 0) is 32.3 Å². The standard InChI is InChI=1S/C17H21NO3/c1-12(19)10-13-6-4-5-9-18(13)17(20)15-11-21-16-8-3-2-7-14(15)16/h2-3,7-8,13,15H,4-6,9-11H2,1H3. The minimum Gasteiger partial charge on any atom is -0.492 e. The van der Waals surface area contributed by atoms with E-state index < -0.39 is 0 Å². The highest BCUT2D eigenvalue weighted by molar-refractivity contribution is 5.86. The van der Waals surface area contributed by atoms with Gasteiger partial charge < -0.3 is 9.64 Å². The molecule has 1 fully saturated rings. The highest BCUT2D eigenvalue weighted by Crippen LogP contribution is 2.36. The van der Waals surface area contributed by atoms with Gasteiger partial charge in [0, 0.05) is 24.6 Å². The molecule has 0 aromatic heterocycles. The Kier molecular flexibility index (Phi) is 3.95. The molecule has 1 amide bonds. The van der Waals surface area contributed by atoms with E-state index in [0.29, 0.717) is 13.0 Å². The van der Waals surface area contributed by atoms with E-state index in [1.807, 2.05) is 29.2 Å². The minimum atomic E-state index is -0.214. The molecule has 2 heterocycles. The molecular weight excluding hydrogens is 266 g/mol. The van der Waals surface area contributed by atoms with Crippen molar-refractivity contribution in [3.05, 3.63) is 29.8 Å². The van der Waals surface area contributed by atoms with Gasteiger partial charge in [0.15, 0.2) is 0 Å². The molecule has 2 unspecified atom stereocenters. The van der Waals surface area contributed by atoms with Crippen LogP contribution in [0.15, 0.2) is 24.3 Å². The Labute approximate surface area is 125 Å². The van der Waals surface area contributed by atoms with Crippen LogP contribution in [0, 0.1) is 0 Å². The number of piperidine rings is 1. The van der Waals surface area contributed by atoms with Crippen molar-refractivity contribution in [3.8, 4) is 5.75 Å². The van der Waals surface area contributed by atoms with E-state index in [-0.39, 0.29) is 23.7 Å². The number of hydrogen-bond acceptors (Lipinski definition) is 3. The lowest BCUT2D eigenvalue weighted by molar-refractivity contribution is -0.137. The number of fused-ring (bicyclic) bond motifs is 1. The van der Waals surface area contributed by atoms with Crippen molar-refractivity contribution in [1.82, 2.24) is 4.90 Å². The molecule has 0 saturated carbocycles. The fourth-order valence-corrected chi connectivity index (χ4v) is 3.40. The molecule has 0 bridgehead atoms. The number of likely N-dealkylation sites (tertiary alicyclic amines) is 1. The third-order valence-corrected chi connectivity index (χ3v) is 4.43. The summed E-state index contributed by atoms with van der Waals surface area (Å²) in [5.41, 5.74) is 0.981. The maximum absolute atomic E-state index is 12.9. The Balaban J connectivity index is 1.79. The van der Waals surface area contributed by atoms with Crippen LogP contribution in [0.2, 0.25) is 0 Å². The summed E-state index contributed by atoms with van der Waals surface area (Å²) >= 11 is 0. The number of hydrogen-bond donors (Lipinski definition) is 0. The zero-order valence-corrected chi connectivity index (χ0v) is 12.4. The van der Waals surface area contributed by atoms with Gasteiger partial charge in [-0.2, -0.15) is 0 Å². The molecule has 0 N–H and O–H groups in total. The fraction of sp³-hybridized carbons (Fsp3) is 0.529. The molecule has 2 aliphatic heterocycles. The van der Waals surface area contributed by atoms with Crippen molar-refractivity contribution >= 4 is 11.7 Å². The van der Waals surface area contributed by atoms with Gasteiger partial charge in [0.2, 0.25) is 5.91 Å². The van der Waals surface area contributed by atoms with Crippen molar-refractivity contribution in [2.45, 2.75) is 44.6 Å². The monoisotopic (exact) mass is 287 g/mol. The number of carbonyl (C=O) groups excluding carboxylic acids is 2. The van der Waals surface area contributed by atoms with Crippen LogP contribution < -0.4 is 4.74 Å². The van der Waals surface area contributed by atoms with Crippen LogP contribution in [0.25, 0.3) is 0 Å². The smallest absolute Gasteiger partial charge is 0.233 e. The van der Waals surface area contributed by atoms with E-state index in [2.05, 4.69) is 0 Å². The molecule has 2 atom stereocenters. The van der Waals surface area contributed by atoms with Crippen molar-refractivity contribution < 1.29 is 14.3 Å². The molecule has 4 nitrogen and oxygen atoms in total. The minimum absolute atomic E-state index is 0.0662. The first-order chi connectivity index (χ1) is 10.2. The van der Waals surface area contributed by atoms with Crippen molar-refractivity contribution in [2.75, 3.05) is 13.2 Å². The van der Waals surface area contributed by atoms with E-state index >= 15 is 0 Å². The molecular formula is C17H21NO3. The predicted octanol–water partition coefficient (Wildman–Crippen LogP) is 2.52. The summed E-state index contributed by atoms with van der Waals surface area (Å²) in [6.45, 7) is 2.78. The summed E-state index contributed by atoms with van der Waals surface area (Å²) in [4.78, 5) is 26.2. The second-order valence-electron chi connectivity index (χ2n) is 5.99. The first-order valence-corrected chi connectivity index (χ1v) is 7.68. The van der Waals surface area contributed by atoms with Crippen LogP contribution in [0.4, 0.5) is 0 Å². The Morgan fingerprint density at radius 2 is 2.10 bits per heavy atom. The van der Waals surface area contributed by atoms with E-state index in [4.69, 9.17) is 4.74 Å². The highest BCUT2D eigenvalue weighted by Gasteiger charge is 2.36. The molecule has 1 saturated heterocycles. The lowest BCUT2D eigenvalue weighted by Crippen LogP contribution is -2.46. The number of amides is 1. The highest BCUT2D eigenvalue weighted by atomic mass is 16.5. The number of Topliss-reactive ketones (excluding diaryl/α,β-unsaturated/α-hetero) is 1. The predicted molar refractivity (Wildman–Crippen MR) is 79.3 cm³/mol. The molecule has 0 aliphatic carbocycles. The summed E-state index contributed by atoms with van der Waals surface area (Å²) in [5, 5.41) is 0. The van der Waals surface area contributed by atoms with E-state index in [1.165, 1.54) is 0 Å². The zero-order valence-electron chi connectivity index (χ0n) is 12.4. The number of carbonyl (C=O) groups is 2. The number of benzene rings is 1. The van der Waals surface area contributed by atoms with Crippen molar-refractivity contribution in [2.24, 2.45) is 0 Å². The SMILES string of the molecule is CC(=O)CC1CCCCN1C(=O)C1COc2ccccc21. The Morgan fingerprint density at radius 1 is 1.29 bits per heavy atom. The molecule has 4 heteroatoms. The lowest BCUT2D eigenvalue weighted by Gasteiger charge is -2.36. The number of rotatable bonds is 3. The van der Waals surface area contributed by atoms with Crippen LogP contribution in [0.1, 0.15) is 44.1 Å². The normalized spacial score (nSPS) is 24.3. The van der Waals surface area contributed by atoms with Crippen molar-refractivity contribution in [3.63, 3.8) is 0 Å². The van der Waals surface area contributed by atoms with Crippen LogP contribution in [-0.2, 0) is 9.59 Å². The number of ether oxygens (including phenoxy) is 1. The summed E-state index contributed by atoms with van der Waals surface area (Å²) < 4.78 is 5.62. The largest absolute Gasteiger partial charge is 0.492 e. The molecule has 1 aromatic rings. The van der Waals surface area contributed by atoms with Crippen LogP contribution >= 0.6 is 0 Å². The van der Waals surface area contributed by atoms with E-state index in [9.17, 15) is 9.59 Å². The fourth-order valence-electron chi connectivity index (χ4n) is 3.40. The number of nitrogens with zero attached hydrogens (tertiary/aromatic N) is 1.